The van der Waals surface area contributed by atoms with E-state index in [0.29, 0.717) is 25.9 Å². The fraction of sp³-hybridized carbons (Fsp3) is 0.667. The fourth-order valence-corrected chi connectivity index (χ4v) is 1.27. The molecule has 0 unspecified atom stereocenters. The molecular weight excluding hydrogens is 206 g/mol. The van der Waals surface area contributed by atoms with Gasteiger partial charge in [0.1, 0.15) is 11.4 Å². The van der Waals surface area contributed by atoms with Crippen molar-refractivity contribution in [1.29, 1.82) is 0 Å². The lowest BCUT2D eigenvalue weighted by atomic mass is 10.1. The van der Waals surface area contributed by atoms with Gasteiger partial charge >= 0.3 is 6.09 Å². The van der Waals surface area contributed by atoms with Gasteiger partial charge in [0.15, 0.2) is 0 Å². The molecule has 4 heteroatoms. The number of Topliss-reactive ketones (excluding diaryl/α,β-unsaturated/α-hetero) is 1. The SMILES string of the molecule is C#C.CC(C)(C)OC(=O)N1CCC(=O)CC1. The van der Waals surface area contributed by atoms with Crippen molar-refractivity contribution in [2.24, 2.45) is 0 Å². The van der Waals surface area contributed by atoms with Gasteiger partial charge in [-0.3, -0.25) is 4.79 Å². The van der Waals surface area contributed by atoms with Gasteiger partial charge in [0, 0.05) is 25.9 Å². The minimum Gasteiger partial charge on any atom is -0.444 e. The number of hydrogen-bond acceptors (Lipinski definition) is 3. The highest BCUT2D eigenvalue weighted by Gasteiger charge is 2.25. The molecule has 1 aliphatic rings. The molecule has 0 aliphatic carbocycles. The molecule has 1 heterocycles. The first-order chi connectivity index (χ1) is 7.38. The monoisotopic (exact) mass is 225 g/mol. The van der Waals surface area contributed by atoms with Crippen molar-refractivity contribution in [1.82, 2.24) is 4.90 Å². The lowest BCUT2D eigenvalue weighted by Crippen LogP contribution is -2.41. The third kappa shape index (κ3) is 5.40. The van der Waals surface area contributed by atoms with Crippen molar-refractivity contribution in [3.8, 4) is 12.8 Å². The molecule has 0 aromatic rings. The van der Waals surface area contributed by atoms with Crippen molar-refractivity contribution < 1.29 is 14.3 Å². The van der Waals surface area contributed by atoms with E-state index in [-0.39, 0.29) is 11.9 Å². The average Bonchev–Trinajstić information content (AvgIpc) is 2.19. The summed E-state index contributed by atoms with van der Waals surface area (Å²) in [7, 11) is 0. The van der Waals surface area contributed by atoms with E-state index in [4.69, 9.17) is 4.74 Å². The van der Waals surface area contributed by atoms with E-state index in [2.05, 4.69) is 12.8 Å². The number of nitrogens with zero attached hydrogens (tertiary/aromatic N) is 1. The number of piperidine rings is 1. The lowest BCUT2D eigenvalue weighted by Gasteiger charge is -2.29. The highest BCUT2D eigenvalue weighted by molar-refractivity contribution is 5.81. The van der Waals surface area contributed by atoms with Gasteiger partial charge < -0.3 is 9.64 Å². The Morgan fingerprint density at radius 1 is 1.25 bits per heavy atom. The van der Waals surface area contributed by atoms with Crippen molar-refractivity contribution in [3.05, 3.63) is 0 Å². The summed E-state index contributed by atoms with van der Waals surface area (Å²) in [6, 6.07) is 0. The number of amides is 1. The van der Waals surface area contributed by atoms with Crippen LogP contribution in [0.15, 0.2) is 0 Å². The van der Waals surface area contributed by atoms with Gasteiger partial charge in [-0.25, -0.2) is 4.79 Å². The fourth-order valence-electron chi connectivity index (χ4n) is 1.27. The second-order valence-electron chi connectivity index (χ2n) is 4.51. The van der Waals surface area contributed by atoms with Crippen LogP contribution in [0.2, 0.25) is 0 Å². The van der Waals surface area contributed by atoms with Crippen LogP contribution < -0.4 is 0 Å². The van der Waals surface area contributed by atoms with Gasteiger partial charge in [0.05, 0.1) is 0 Å². The molecule has 0 aromatic heterocycles. The van der Waals surface area contributed by atoms with E-state index in [1.165, 1.54) is 0 Å². The number of ketones is 1. The van der Waals surface area contributed by atoms with Gasteiger partial charge in [0.2, 0.25) is 0 Å². The molecule has 0 bridgehead atoms. The molecular formula is C12H19NO3. The summed E-state index contributed by atoms with van der Waals surface area (Å²) in [4.78, 5) is 24.0. The molecule has 1 fully saturated rings. The predicted molar refractivity (Wildman–Crippen MR) is 61.9 cm³/mol. The first-order valence-electron chi connectivity index (χ1n) is 5.21. The van der Waals surface area contributed by atoms with Gasteiger partial charge in [-0.05, 0) is 20.8 Å². The number of rotatable bonds is 0. The van der Waals surface area contributed by atoms with Crippen LogP contribution in [0.3, 0.4) is 0 Å². The highest BCUT2D eigenvalue weighted by atomic mass is 16.6. The third-order valence-electron chi connectivity index (χ3n) is 1.97. The molecule has 1 rings (SSSR count). The molecule has 1 saturated heterocycles. The van der Waals surface area contributed by atoms with Crippen LogP contribution >= 0.6 is 0 Å². The minimum atomic E-state index is -0.460. The molecule has 0 atom stereocenters. The van der Waals surface area contributed by atoms with Crippen LogP contribution in [-0.2, 0) is 9.53 Å². The molecule has 0 N–H and O–H groups in total. The summed E-state index contributed by atoms with van der Waals surface area (Å²) in [6.45, 7) is 6.49. The maximum absolute atomic E-state index is 11.5. The van der Waals surface area contributed by atoms with Crippen molar-refractivity contribution >= 4 is 11.9 Å². The van der Waals surface area contributed by atoms with Crippen LogP contribution in [0.1, 0.15) is 33.6 Å². The number of ether oxygens (including phenoxy) is 1. The van der Waals surface area contributed by atoms with E-state index >= 15 is 0 Å². The number of carbonyl (C=O) groups is 2. The van der Waals surface area contributed by atoms with Gasteiger partial charge in [-0.2, -0.15) is 0 Å². The van der Waals surface area contributed by atoms with E-state index < -0.39 is 5.60 Å². The smallest absolute Gasteiger partial charge is 0.410 e. The standard InChI is InChI=1S/C10H17NO3.C2H2/c1-10(2,3)14-9(13)11-6-4-8(12)5-7-11;1-2/h4-7H2,1-3H3;1-2H. The summed E-state index contributed by atoms with van der Waals surface area (Å²) in [5.74, 6) is 0.227. The summed E-state index contributed by atoms with van der Waals surface area (Å²) in [5.41, 5.74) is -0.460. The van der Waals surface area contributed by atoms with Crippen LogP contribution in [0.4, 0.5) is 4.79 Å². The Hall–Kier alpha value is -1.50. The summed E-state index contributed by atoms with van der Waals surface area (Å²) >= 11 is 0. The number of likely N-dealkylation sites (tertiary alicyclic amines) is 1. The van der Waals surface area contributed by atoms with Crippen LogP contribution in [0.25, 0.3) is 0 Å². The molecule has 0 aromatic carbocycles. The zero-order valence-electron chi connectivity index (χ0n) is 10.2. The Labute approximate surface area is 96.9 Å². The average molecular weight is 225 g/mol. The van der Waals surface area contributed by atoms with Crippen LogP contribution in [-0.4, -0.2) is 35.5 Å². The molecule has 1 amide bonds. The van der Waals surface area contributed by atoms with E-state index in [1.54, 1.807) is 4.90 Å². The molecule has 0 saturated carbocycles. The Bertz CT molecular complexity index is 266. The lowest BCUT2D eigenvalue weighted by molar-refractivity contribution is -0.121. The second kappa shape index (κ2) is 6.16. The van der Waals surface area contributed by atoms with Gasteiger partial charge in [-0.1, -0.05) is 0 Å². The summed E-state index contributed by atoms with van der Waals surface area (Å²) < 4.78 is 5.19. The maximum atomic E-state index is 11.5. The summed E-state index contributed by atoms with van der Waals surface area (Å²) in [5, 5.41) is 0. The Kier molecular flexibility index (Phi) is 5.59. The molecule has 0 spiro atoms. The number of carbonyl (C=O) groups excluding carboxylic acids is 2. The predicted octanol–water partition coefficient (Wildman–Crippen LogP) is 1.84. The van der Waals surface area contributed by atoms with E-state index in [0.717, 1.165) is 0 Å². The largest absolute Gasteiger partial charge is 0.444 e. The Balaban J connectivity index is 0.00000106. The first kappa shape index (κ1) is 14.5. The van der Waals surface area contributed by atoms with Crippen LogP contribution in [0, 0.1) is 12.8 Å². The van der Waals surface area contributed by atoms with E-state index in [9.17, 15) is 9.59 Å². The van der Waals surface area contributed by atoms with Gasteiger partial charge in [-0.15, -0.1) is 12.8 Å². The van der Waals surface area contributed by atoms with Crippen molar-refractivity contribution in [2.75, 3.05) is 13.1 Å². The van der Waals surface area contributed by atoms with E-state index in [1.807, 2.05) is 20.8 Å². The molecule has 4 nitrogen and oxygen atoms in total. The maximum Gasteiger partial charge on any atom is 0.410 e. The molecule has 1 aliphatic heterocycles. The quantitative estimate of drug-likeness (QED) is 0.591. The molecule has 0 radical (unpaired) electrons. The van der Waals surface area contributed by atoms with Crippen LogP contribution in [0.5, 0.6) is 0 Å². The van der Waals surface area contributed by atoms with Crippen molar-refractivity contribution in [3.63, 3.8) is 0 Å². The highest BCUT2D eigenvalue weighted by Crippen LogP contribution is 2.13. The summed E-state index contributed by atoms with van der Waals surface area (Å²) in [6.07, 6.45) is 8.60. The molecule has 16 heavy (non-hydrogen) atoms. The first-order valence-corrected chi connectivity index (χ1v) is 5.21. The Morgan fingerprint density at radius 3 is 2.06 bits per heavy atom. The Morgan fingerprint density at radius 2 is 1.69 bits per heavy atom. The topological polar surface area (TPSA) is 46.6 Å². The second-order valence-corrected chi connectivity index (χ2v) is 4.51. The van der Waals surface area contributed by atoms with Crippen molar-refractivity contribution in [2.45, 2.75) is 39.2 Å². The zero-order valence-corrected chi connectivity index (χ0v) is 10.2. The number of terminal acetylenes is 1. The molecule has 90 valence electrons. The normalized spacial score (nSPS) is 16.1. The minimum absolute atomic E-state index is 0.227. The zero-order chi connectivity index (χ0) is 12.8. The number of hydrogen-bond donors (Lipinski definition) is 0. The third-order valence-corrected chi connectivity index (χ3v) is 1.97. The van der Waals surface area contributed by atoms with Gasteiger partial charge in [0.25, 0.3) is 0 Å².